The van der Waals surface area contributed by atoms with Gasteiger partial charge in [-0.2, -0.15) is 4.31 Å². The summed E-state index contributed by atoms with van der Waals surface area (Å²) in [5.74, 6) is 0. The lowest BCUT2D eigenvalue weighted by Crippen LogP contribution is -2.33. The Labute approximate surface area is 116 Å². The van der Waals surface area contributed by atoms with Crippen molar-refractivity contribution >= 4 is 10.0 Å². The number of hydrogen-bond donors (Lipinski definition) is 1. The van der Waals surface area contributed by atoms with Crippen molar-refractivity contribution in [3.63, 3.8) is 0 Å². The van der Waals surface area contributed by atoms with Crippen molar-refractivity contribution in [1.29, 1.82) is 0 Å². The SMILES string of the molecule is CCNCc1ccc(C)c(S(=O)(=O)N(C)C(C)C)c1. The molecule has 0 aliphatic heterocycles. The molecule has 0 aromatic heterocycles. The second-order valence-corrected chi connectivity index (χ2v) is 6.96. The predicted octanol–water partition coefficient (Wildman–Crippen LogP) is 2.13. The van der Waals surface area contributed by atoms with E-state index < -0.39 is 10.0 Å². The van der Waals surface area contributed by atoms with Crippen molar-refractivity contribution in [1.82, 2.24) is 9.62 Å². The Bertz CT molecular complexity index is 524. The Kier molecular flexibility index (Phi) is 5.52. The number of nitrogens with zero attached hydrogens (tertiary/aromatic N) is 1. The number of hydrogen-bond acceptors (Lipinski definition) is 3. The van der Waals surface area contributed by atoms with Gasteiger partial charge in [-0.05, 0) is 44.5 Å². The van der Waals surface area contributed by atoms with Crippen LogP contribution in [0.2, 0.25) is 0 Å². The second kappa shape index (κ2) is 6.50. The van der Waals surface area contributed by atoms with E-state index in [0.717, 1.165) is 17.7 Å². The maximum absolute atomic E-state index is 12.5. The first-order valence-electron chi connectivity index (χ1n) is 6.59. The van der Waals surface area contributed by atoms with E-state index in [0.29, 0.717) is 11.4 Å². The van der Waals surface area contributed by atoms with Crippen LogP contribution in [0.4, 0.5) is 0 Å². The summed E-state index contributed by atoms with van der Waals surface area (Å²) in [6.07, 6.45) is 0. The first-order chi connectivity index (χ1) is 8.80. The van der Waals surface area contributed by atoms with Crippen LogP contribution >= 0.6 is 0 Å². The summed E-state index contributed by atoms with van der Waals surface area (Å²) in [6.45, 7) is 9.15. The fourth-order valence-electron chi connectivity index (χ4n) is 1.73. The van der Waals surface area contributed by atoms with Crippen molar-refractivity contribution < 1.29 is 8.42 Å². The molecule has 0 aliphatic carbocycles. The van der Waals surface area contributed by atoms with E-state index in [-0.39, 0.29) is 6.04 Å². The minimum absolute atomic E-state index is 0.0539. The lowest BCUT2D eigenvalue weighted by atomic mass is 10.1. The van der Waals surface area contributed by atoms with Crippen LogP contribution in [-0.2, 0) is 16.6 Å². The normalized spacial score (nSPS) is 12.4. The van der Waals surface area contributed by atoms with Crippen LogP contribution in [0, 0.1) is 6.92 Å². The van der Waals surface area contributed by atoms with Crippen molar-refractivity contribution in [2.24, 2.45) is 0 Å². The fraction of sp³-hybridized carbons (Fsp3) is 0.571. The summed E-state index contributed by atoms with van der Waals surface area (Å²) in [5, 5.41) is 3.21. The molecule has 0 radical (unpaired) electrons. The van der Waals surface area contributed by atoms with E-state index in [1.54, 1.807) is 13.1 Å². The van der Waals surface area contributed by atoms with Crippen molar-refractivity contribution in [3.05, 3.63) is 29.3 Å². The highest BCUT2D eigenvalue weighted by Crippen LogP contribution is 2.21. The maximum atomic E-state index is 12.5. The third-order valence-electron chi connectivity index (χ3n) is 3.22. The summed E-state index contributed by atoms with van der Waals surface area (Å²) in [7, 11) is -1.79. The molecule has 5 heteroatoms. The summed E-state index contributed by atoms with van der Waals surface area (Å²) in [4.78, 5) is 0.402. The molecule has 1 rings (SSSR count). The minimum atomic E-state index is -3.41. The number of rotatable bonds is 6. The molecule has 0 amide bonds. The topological polar surface area (TPSA) is 49.4 Å². The number of benzene rings is 1. The van der Waals surface area contributed by atoms with Crippen LogP contribution in [0.5, 0.6) is 0 Å². The zero-order valence-corrected chi connectivity index (χ0v) is 13.2. The predicted molar refractivity (Wildman–Crippen MR) is 78.6 cm³/mol. The molecule has 0 fully saturated rings. The van der Waals surface area contributed by atoms with E-state index in [4.69, 9.17) is 0 Å². The Morgan fingerprint density at radius 1 is 1.32 bits per heavy atom. The van der Waals surface area contributed by atoms with Gasteiger partial charge in [0.15, 0.2) is 0 Å². The zero-order valence-electron chi connectivity index (χ0n) is 12.4. The monoisotopic (exact) mass is 284 g/mol. The molecule has 1 aromatic rings. The molecule has 19 heavy (non-hydrogen) atoms. The third-order valence-corrected chi connectivity index (χ3v) is 5.39. The highest BCUT2D eigenvalue weighted by Gasteiger charge is 2.24. The molecule has 1 N–H and O–H groups in total. The highest BCUT2D eigenvalue weighted by molar-refractivity contribution is 7.89. The molecule has 0 spiro atoms. The van der Waals surface area contributed by atoms with Gasteiger partial charge < -0.3 is 5.32 Å². The molecule has 108 valence electrons. The molecule has 4 nitrogen and oxygen atoms in total. The van der Waals surface area contributed by atoms with Gasteiger partial charge in [0.1, 0.15) is 0 Å². The maximum Gasteiger partial charge on any atom is 0.243 e. The Morgan fingerprint density at radius 3 is 2.47 bits per heavy atom. The summed E-state index contributed by atoms with van der Waals surface area (Å²) >= 11 is 0. The molecule has 0 heterocycles. The summed E-state index contributed by atoms with van der Waals surface area (Å²) in [6, 6.07) is 5.55. The molecular weight excluding hydrogens is 260 g/mol. The lowest BCUT2D eigenvalue weighted by molar-refractivity contribution is 0.410. The van der Waals surface area contributed by atoms with E-state index in [9.17, 15) is 8.42 Å². The van der Waals surface area contributed by atoms with Gasteiger partial charge in [-0.25, -0.2) is 8.42 Å². The molecular formula is C14H24N2O2S. The van der Waals surface area contributed by atoms with E-state index in [2.05, 4.69) is 5.32 Å². The number of aryl methyl sites for hydroxylation is 1. The minimum Gasteiger partial charge on any atom is -0.313 e. The van der Waals surface area contributed by atoms with E-state index in [1.165, 1.54) is 4.31 Å². The van der Waals surface area contributed by atoms with Crippen LogP contribution in [0.3, 0.4) is 0 Å². The standard InChI is InChI=1S/C14H24N2O2S/c1-6-15-10-13-8-7-12(4)14(9-13)19(17,18)16(5)11(2)3/h7-9,11,15H,6,10H2,1-5H3. The smallest absolute Gasteiger partial charge is 0.243 e. The van der Waals surface area contributed by atoms with E-state index in [1.807, 2.05) is 39.8 Å². The molecule has 0 bridgehead atoms. The van der Waals surface area contributed by atoms with Crippen LogP contribution in [-0.4, -0.2) is 32.4 Å². The van der Waals surface area contributed by atoms with Crippen molar-refractivity contribution in [2.45, 2.75) is 45.2 Å². The van der Waals surface area contributed by atoms with Crippen LogP contribution < -0.4 is 5.32 Å². The Hall–Kier alpha value is -0.910. The van der Waals surface area contributed by atoms with Gasteiger partial charge in [0.25, 0.3) is 0 Å². The Morgan fingerprint density at radius 2 is 1.95 bits per heavy atom. The van der Waals surface area contributed by atoms with Gasteiger partial charge >= 0.3 is 0 Å². The first-order valence-corrected chi connectivity index (χ1v) is 8.03. The van der Waals surface area contributed by atoms with Gasteiger partial charge in [-0.15, -0.1) is 0 Å². The van der Waals surface area contributed by atoms with Gasteiger partial charge in [-0.1, -0.05) is 19.1 Å². The fourth-order valence-corrected chi connectivity index (χ4v) is 3.37. The van der Waals surface area contributed by atoms with Gasteiger partial charge in [0, 0.05) is 19.6 Å². The molecule has 1 aromatic carbocycles. The molecule has 0 saturated carbocycles. The summed E-state index contributed by atoms with van der Waals surface area (Å²) < 4.78 is 26.5. The van der Waals surface area contributed by atoms with Crippen LogP contribution in [0.25, 0.3) is 0 Å². The molecule has 0 saturated heterocycles. The van der Waals surface area contributed by atoms with Crippen molar-refractivity contribution in [3.8, 4) is 0 Å². The van der Waals surface area contributed by atoms with Crippen LogP contribution in [0.1, 0.15) is 31.9 Å². The second-order valence-electron chi connectivity index (χ2n) is 5.00. The zero-order chi connectivity index (χ0) is 14.6. The average molecular weight is 284 g/mol. The van der Waals surface area contributed by atoms with Gasteiger partial charge in [-0.3, -0.25) is 0 Å². The summed E-state index contributed by atoms with van der Waals surface area (Å²) in [5.41, 5.74) is 1.77. The number of nitrogens with one attached hydrogen (secondary N) is 1. The average Bonchev–Trinajstić information content (AvgIpc) is 2.36. The molecule has 0 aliphatic rings. The molecule has 0 atom stereocenters. The highest BCUT2D eigenvalue weighted by atomic mass is 32.2. The quantitative estimate of drug-likeness (QED) is 0.870. The third kappa shape index (κ3) is 3.78. The molecule has 0 unspecified atom stereocenters. The lowest BCUT2D eigenvalue weighted by Gasteiger charge is -2.22. The van der Waals surface area contributed by atoms with Gasteiger partial charge in [0.2, 0.25) is 10.0 Å². The van der Waals surface area contributed by atoms with Crippen LogP contribution in [0.15, 0.2) is 23.1 Å². The number of sulfonamides is 1. The largest absolute Gasteiger partial charge is 0.313 e. The van der Waals surface area contributed by atoms with Gasteiger partial charge in [0.05, 0.1) is 4.90 Å². The van der Waals surface area contributed by atoms with E-state index >= 15 is 0 Å². The Balaban J connectivity index is 3.18. The van der Waals surface area contributed by atoms with Crippen molar-refractivity contribution in [2.75, 3.05) is 13.6 Å². The first kappa shape index (κ1) is 16.1.